The third kappa shape index (κ3) is 1.65. The molecule has 0 saturated carbocycles. The van der Waals surface area contributed by atoms with Crippen LogP contribution in [0.25, 0.3) is 16.9 Å². The van der Waals surface area contributed by atoms with Gasteiger partial charge in [-0.15, -0.1) is 0 Å². The number of nitrogens with one attached hydrogen (secondary N) is 1. The van der Waals surface area contributed by atoms with Crippen LogP contribution in [0.5, 0.6) is 0 Å². The zero-order valence-electron chi connectivity index (χ0n) is 8.89. The van der Waals surface area contributed by atoms with Gasteiger partial charge in [-0.3, -0.25) is 0 Å². The second kappa shape index (κ2) is 3.73. The van der Waals surface area contributed by atoms with E-state index in [4.69, 9.17) is 0 Å². The first-order valence-corrected chi connectivity index (χ1v) is 5.04. The highest BCUT2D eigenvalue weighted by Gasteiger charge is 2.07. The molecule has 3 rings (SSSR count). The summed E-state index contributed by atoms with van der Waals surface area (Å²) in [7, 11) is 0. The number of halogens is 2. The number of aromatic amines is 1. The molecule has 0 aliphatic rings. The summed E-state index contributed by atoms with van der Waals surface area (Å²) in [5, 5.41) is 9.89. The van der Waals surface area contributed by atoms with Crippen molar-refractivity contribution in [1.29, 1.82) is 0 Å². The van der Waals surface area contributed by atoms with Gasteiger partial charge in [0.2, 0.25) is 0 Å². The maximum Gasteiger partial charge on any atom is 0.364 e. The van der Waals surface area contributed by atoms with Crippen molar-refractivity contribution >= 4 is 5.65 Å². The summed E-state index contributed by atoms with van der Waals surface area (Å²) in [4.78, 5) is 11.3. The Morgan fingerprint density at radius 1 is 1.11 bits per heavy atom. The highest BCUT2D eigenvalue weighted by atomic mass is 19.1. The average Bonchev–Trinajstić information content (AvgIpc) is 2.69. The van der Waals surface area contributed by atoms with Gasteiger partial charge in [0.15, 0.2) is 5.65 Å². The molecule has 18 heavy (non-hydrogen) atoms. The second-order valence-corrected chi connectivity index (χ2v) is 3.68. The van der Waals surface area contributed by atoms with Gasteiger partial charge in [-0.2, -0.15) is 14.7 Å². The Hall–Kier alpha value is -2.57. The van der Waals surface area contributed by atoms with Crippen LogP contribution in [0.2, 0.25) is 0 Å². The van der Waals surface area contributed by atoms with Crippen molar-refractivity contribution in [2.75, 3.05) is 0 Å². The Balaban J connectivity index is 2.24. The maximum absolute atomic E-state index is 13.1. The zero-order valence-corrected chi connectivity index (χ0v) is 8.89. The number of fused-ring (bicyclic) bond motifs is 1. The quantitative estimate of drug-likeness (QED) is 0.707. The highest BCUT2D eigenvalue weighted by Crippen LogP contribution is 2.19. The zero-order chi connectivity index (χ0) is 12.7. The molecule has 0 radical (unpaired) electrons. The lowest BCUT2D eigenvalue weighted by molar-refractivity contribution is 0.584. The topological polar surface area (TPSA) is 63.0 Å². The minimum Gasteiger partial charge on any atom is -0.244 e. The summed E-state index contributed by atoms with van der Waals surface area (Å²) in [5.74, 6) is -1.40. The van der Waals surface area contributed by atoms with Crippen LogP contribution < -0.4 is 5.69 Å². The normalized spacial score (nSPS) is 11.0. The van der Waals surface area contributed by atoms with Gasteiger partial charge < -0.3 is 0 Å². The van der Waals surface area contributed by atoms with Crippen LogP contribution in [-0.2, 0) is 0 Å². The van der Waals surface area contributed by atoms with E-state index in [1.807, 2.05) is 0 Å². The minimum absolute atomic E-state index is 0.252. The predicted octanol–water partition coefficient (Wildman–Crippen LogP) is 1.36. The maximum atomic E-state index is 13.1. The van der Waals surface area contributed by atoms with Crippen molar-refractivity contribution < 1.29 is 8.78 Å². The summed E-state index contributed by atoms with van der Waals surface area (Å²) >= 11 is 0. The number of rotatable bonds is 1. The molecule has 0 bridgehead atoms. The van der Waals surface area contributed by atoms with Crippen molar-refractivity contribution in [3.63, 3.8) is 0 Å². The summed E-state index contributed by atoms with van der Waals surface area (Å²) in [6.45, 7) is 0. The molecule has 0 amide bonds. The highest BCUT2D eigenvalue weighted by molar-refractivity contribution is 5.60. The van der Waals surface area contributed by atoms with Gasteiger partial charge in [0.1, 0.15) is 11.6 Å². The third-order valence-electron chi connectivity index (χ3n) is 2.43. The van der Waals surface area contributed by atoms with E-state index < -0.39 is 17.3 Å². The molecule has 1 N–H and O–H groups in total. The lowest BCUT2D eigenvalue weighted by Crippen LogP contribution is -2.12. The van der Waals surface area contributed by atoms with Gasteiger partial charge in [-0.1, -0.05) is 0 Å². The fourth-order valence-corrected chi connectivity index (χ4v) is 1.66. The van der Waals surface area contributed by atoms with Crippen LogP contribution in [0.4, 0.5) is 8.78 Å². The Kier molecular flexibility index (Phi) is 2.19. The van der Waals surface area contributed by atoms with Gasteiger partial charge in [0.25, 0.3) is 0 Å². The molecular weight excluding hydrogens is 242 g/mol. The summed E-state index contributed by atoms with van der Waals surface area (Å²) < 4.78 is 27.2. The summed E-state index contributed by atoms with van der Waals surface area (Å²) in [6.07, 6.45) is 0. The molecule has 7 heteroatoms. The first kappa shape index (κ1) is 10.6. The number of H-pyrrole nitrogens is 1. The standard InChI is InChI=1S/C11H6F2N4O/c12-7-3-6(4-8(13)5-7)9-1-2-10-14-15-11(18)17(10)16-9/h1-5H,(H,15,18). The number of hydrogen-bond donors (Lipinski definition) is 1. The van der Waals surface area contributed by atoms with Crippen LogP contribution in [0, 0.1) is 11.6 Å². The van der Waals surface area contributed by atoms with Gasteiger partial charge in [0.05, 0.1) is 5.69 Å². The van der Waals surface area contributed by atoms with Crippen LogP contribution in [0.3, 0.4) is 0 Å². The predicted molar refractivity (Wildman–Crippen MR) is 59.0 cm³/mol. The molecule has 5 nitrogen and oxygen atoms in total. The average molecular weight is 248 g/mol. The molecule has 0 aliphatic carbocycles. The number of hydrogen-bond acceptors (Lipinski definition) is 3. The van der Waals surface area contributed by atoms with Crippen LogP contribution in [-0.4, -0.2) is 19.8 Å². The lowest BCUT2D eigenvalue weighted by atomic mass is 10.1. The molecule has 1 aromatic carbocycles. The summed E-state index contributed by atoms with van der Waals surface area (Å²) in [6, 6.07) is 6.11. The molecule has 0 fully saturated rings. The monoisotopic (exact) mass is 248 g/mol. The van der Waals surface area contributed by atoms with Crippen LogP contribution in [0.15, 0.2) is 35.1 Å². The largest absolute Gasteiger partial charge is 0.364 e. The smallest absolute Gasteiger partial charge is 0.244 e. The molecule has 0 saturated heterocycles. The van der Waals surface area contributed by atoms with Crippen LogP contribution >= 0.6 is 0 Å². The molecule has 90 valence electrons. The fourth-order valence-electron chi connectivity index (χ4n) is 1.66. The van der Waals surface area contributed by atoms with Crippen molar-refractivity contribution in [3.8, 4) is 11.3 Å². The van der Waals surface area contributed by atoms with E-state index in [1.165, 1.54) is 12.1 Å². The molecule has 2 heterocycles. The number of nitrogens with zero attached hydrogens (tertiary/aromatic N) is 3. The molecule has 0 spiro atoms. The van der Waals surface area contributed by atoms with E-state index in [1.54, 1.807) is 0 Å². The Bertz CT molecular complexity index is 773. The van der Waals surface area contributed by atoms with Gasteiger partial charge in [-0.05, 0) is 24.3 Å². The van der Waals surface area contributed by atoms with E-state index in [-0.39, 0.29) is 11.3 Å². The Labute approximate surface area is 98.7 Å². The number of aromatic nitrogens is 4. The van der Waals surface area contributed by atoms with Crippen molar-refractivity contribution in [1.82, 2.24) is 19.8 Å². The first-order chi connectivity index (χ1) is 8.63. The second-order valence-electron chi connectivity index (χ2n) is 3.68. The lowest BCUT2D eigenvalue weighted by Gasteiger charge is -2.01. The molecule has 3 aromatic rings. The van der Waals surface area contributed by atoms with E-state index >= 15 is 0 Å². The minimum atomic E-state index is -0.702. The van der Waals surface area contributed by atoms with E-state index in [0.29, 0.717) is 5.65 Å². The van der Waals surface area contributed by atoms with Crippen molar-refractivity contribution in [2.24, 2.45) is 0 Å². The number of benzene rings is 1. The summed E-state index contributed by atoms with van der Waals surface area (Å²) in [5.41, 5.74) is 0.358. The van der Waals surface area contributed by atoms with Crippen LogP contribution in [0.1, 0.15) is 0 Å². The first-order valence-electron chi connectivity index (χ1n) is 5.04. The van der Waals surface area contributed by atoms with E-state index in [0.717, 1.165) is 22.7 Å². The molecule has 0 unspecified atom stereocenters. The molecule has 2 aromatic heterocycles. The Morgan fingerprint density at radius 2 is 1.83 bits per heavy atom. The molecule has 0 aliphatic heterocycles. The Morgan fingerprint density at radius 3 is 2.56 bits per heavy atom. The SMILES string of the molecule is O=c1[nH]nc2ccc(-c3cc(F)cc(F)c3)nn12. The van der Waals surface area contributed by atoms with Gasteiger partial charge in [0, 0.05) is 11.6 Å². The fraction of sp³-hybridized carbons (Fsp3) is 0. The van der Waals surface area contributed by atoms with Gasteiger partial charge in [-0.25, -0.2) is 18.7 Å². The van der Waals surface area contributed by atoms with E-state index in [9.17, 15) is 13.6 Å². The van der Waals surface area contributed by atoms with Crippen molar-refractivity contribution in [2.45, 2.75) is 0 Å². The third-order valence-corrected chi connectivity index (χ3v) is 2.43. The molecular formula is C11H6F2N4O. The van der Waals surface area contributed by atoms with Crippen molar-refractivity contribution in [3.05, 3.63) is 52.5 Å². The van der Waals surface area contributed by atoms with E-state index in [2.05, 4.69) is 15.3 Å². The molecule has 0 atom stereocenters. The van der Waals surface area contributed by atoms with Gasteiger partial charge >= 0.3 is 5.69 Å².